The maximum absolute atomic E-state index is 12.6. The van der Waals surface area contributed by atoms with Crippen molar-refractivity contribution in [2.24, 2.45) is 29.1 Å². The zero-order valence-corrected chi connectivity index (χ0v) is 16.3. The Kier molecular flexibility index (Phi) is 5.27. The average molecular weight is 362 g/mol. The molecule has 5 rings (SSSR count). The van der Waals surface area contributed by atoms with Crippen LogP contribution in [0.1, 0.15) is 57.8 Å². The van der Waals surface area contributed by atoms with Gasteiger partial charge < -0.3 is 15.5 Å². The van der Waals surface area contributed by atoms with Crippen molar-refractivity contribution in [3.05, 3.63) is 0 Å². The molecule has 1 unspecified atom stereocenters. The van der Waals surface area contributed by atoms with Crippen LogP contribution in [0, 0.1) is 29.1 Å². The number of amides is 2. The number of piperidine rings is 1. The fourth-order valence-corrected chi connectivity index (χ4v) is 6.94. The van der Waals surface area contributed by atoms with E-state index < -0.39 is 0 Å². The van der Waals surface area contributed by atoms with Gasteiger partial charge in [-0.3, -0.25) is 9.59 Å². The van der Waals surface area contributed by atoms with Crippen LogP contribution in [-0.4, -0.2) is 49.9 Å². The highest BCUT2D eigenvalue weighted by Gasteiger charge is 2.51. The summed E-state index contributed by atoms with van der Waals surface area (Å²) < 4.78 is 0. The van der Waals surface area contributed by atoms with E-state index in [0.717, 1.165) is 43.8 Å². The summed E-state index contributed by atoms with van der Waals surface area (Å²) in [7, 11) is 1.96. The summed E-state index contributed by atoms with van der Waals surface area (Å²) >= 11 is 0. The largest absolute Gasteiger partial charge is 0.347 e. The van der Waals surface area contributed by atoms with Crippen LogP contribution in [0.15, 0.2) is 0 Å². The predicted molar refractivity (Wildman–Crippen MR) is 101 cm³/mol. The summed E-state index contributed by atoms with van der Waals surface area (Å²) in [5.74, 6) is 3.34. The second-order valence-corrected chi connectivity index (χ2v) is 9.78. The molecule has 4 bridgehead atoms. The second kappa shape index (κ2) is 7.49. The molecule has 2 amide bonds. The van der Waals surface area contributed by atoms with E-state index in [4.69, 9.17) is 0 Å². The molecule has 4 aliphatic carbocycles. The molecule has 1 saturated heterocycles. The highest BCUT2D eigenvalue weighted by molar-refractivity contribution is 5.85. The zero-order chi connectivity index (χ0) is 18.1. The monoisotopic (exact) mass is 361 g/mol. The van der Waals surface area contributed by atoms with Crippen molar-refractivity contribution in [3.8, 4) is 0 Å². The Morgan fingerprint density at radius 3 is 2.35 bits per heavy atom. The molecule has 0 aromatic heterocycles. The van der Waals surface area contributed by atoms with E-state index in [9.17, 15) is 9.59 Å². The standard InChI is InChI=1S/C21H35N3O2/c1-22-12-15-3-2-4-24(14-15)20(26)13-23-19(25)11-21-8-16-5-17(9-21)7-18(6-16)10-21/h15-18,22H,2-14H2,1H3,(H,23,25). The molecule has 1 heterocycles. The second-order valence-electron chi connectivity index (χ2n) is 9.78. The fraction of sp³-hybridized carbons (Fsp3) is 0.905. The van der Waals surface area contributed by atoms with Crippen LogP contribution in [0.2, 0.25) is 0 Å². The molecule has 5 aliphatic rings. The molecule has 146 valence electrons. The van der Waals surface area contributed by atoms with Gasteiger partial charge in [-0.25, -0.2) is 0 Å². The lowest BCUT2D eigenvalue weighted by atomic mass is 9.49. The van der Waals surface area contributed by atoms with Gasteiger partial charge in [-0.1, -0.05) is 0 Å². The molecular weight excluding hydrogens is 326 g/mol. The van der Waals surface area contributed by atoms with Gasteiger partial charge in [0.15, 0.2) is 0 Å². The van der Waals surface area contributed by atoms with E-state index in [1.54, 1.807) is 0 Å². The van der Waals surface area contributed by atoms with Crippen LogP contribution >= 0.6 is 0 Å². The van der Waals surface area contributed by atoms with E-state index in [2.05, 4.69) is 10.6 Å². The summed E-state index contributed by atoms with van der Waals surface area (Å²) in [6.07, 6.45) is 10.9. The minimum Gasteiger partial charge on any atom is -0.347 e. The number of nitrogens with zero attached hydrogens (tertiary/aromatic N) is 1. The number of carbonyl (C=O) groups excluding carboxylic acids is 2. The summed E-state index contributed by atoms with van der Waals surface area (Å²) in [5.41, 5.74) is 0.255. The van der Waals surface area contributed by atoms with Gasteiger partial charge in [0.05, 0.1) is 6.54 Å². The third-order valence-electron chi connectivity index (χ3n) is 7.50. The summed E-state index contributed by atoms with van der Waals surface area (Å²) in [5, 5.41) is 6.17. The molecule has 0 aromatic rings. The quantitative estimate of drug-likeness (QED) is 0.762. The van der Waals surface area contributed by atoms with Crippen molar-refractivity contribution < 1.29 is 9.59 Å². The molecule has 0 spiro atoms. The van der Waals surface area contributed by atoms with Crippen molar-refractivity contribution in [2.75, 3.05) is 33.2 Å². The Labute approximate surface area is 157 Å². The Balaban J connectivity index is 1.24. The van der Waals surface area contributed by atoms with Crippen LogP contribution in [0.5, 0.6) is 0 Å². The molecule has 26 heavy (non-hydrogen) atoms. The number of rotatable bonds is 6. The third kappa shape index (κ3) is 3.92. The average Bonchev–Trinajstić information content (AvgIpc) is 2.58. The van der Waals surface area contributed by atoms with Gasteiger partial charge >= 0.3 is 0 Å². The Bertz CT molecular complexity index is 510. The van der Waals surface area contributed by atoms with E-state index in [0.29, 0.717) is 12.3 Å². The molecule has 5 heteroatoms. The molecule has 5 fully saturated rings. The van der Waals surface area contributed by atoms with E-state index >= 15 is 0 Å². The Morgan fingerprint density at radius 1 is 1.08 bits per heavy atom. The van der Waals surface area contributed by atoms with Crippen molar-refractivity contribution in [3.63, 3.8) is 0 Å². The van der Waals surface area contributed by atoms with Crippen molar-refractivity contribution in [2.45, 2.75) is 57.8 Å². The molecule has 0 radical (unpaired) electrons. The van der Waals surface area contributed by atoms with Crippen LogP contribution in [0.4, 0.5) is 0 Å². The van der Waals surface area contributed by atoms with E-state index in [1.807, 2.05) is 11.9 Å². The minimum atomic E-state index is 0.0877. The first kappa shape index (κ1) is 18.3. The smallest absolute Gasteiger partial charge is 0.241 e. The fourth-order valence-electron chi connectivity index (χ4n) is 6.94. The Hall–Kier alpha value is -1.10. The SMILES string of the molecule is CNCC1CCCN(C(=O)CNC(=O)CC23CC4CC(CC(C4)C2)C3)C1. The lowest BCUT2D eigenvalue weighted by Gasteiger charge is -2.56. The van der Waals surface area contributed by atoms with E-state index in [-0.39, 0.29) is 23.8 Å². The van der Waals surface area contributed by atoms with Crippen LogP contribution in [-0.2, 0) is 9.59 Å². The van der Waals surface area contributed by atoms with Gasteiger partial charge in [-0.2, -0.15) is 0 Å². The highest BCUT2D eigenvalue weighted by atomic mass is 16.2. The molecular formula is C21H35N3O2. The van der Waals surface area contributed by atoms with Crippen LogP contribution < -0.4 is 10.6 Å². The predicted octanol–water partition coefficient (Wildman–Crippen LogP) is 2.17. The van der Waals surface area contributed by atoms with Gasteiger partial charge in [0, 0.05) is 19.5 Å². The first-order chi connectivity index (χ1) is 12.5. The minimum absolute atomic E-state index is 0.0877. The van der Waals surface area contributed by atoms with Gasteiger partial charge in [-0.05, 0) is 94.0 Å². The van der Waals surface area contributed by atoms with Gasteiger partial charge in [0.25, 0.3) is 0 Å². The van der Waals surface area contributed by atoms with E-state index in [1.165, 1.54) is 44.9 Å². The van der Waals surface area contributed by atoms with Crippen molar-refractivity contribution in [1.29, 1.82) is 0 Å². The van der Waals surface area contributed by atoms with Crippen LogP contribution in [0.25, 0.3) is 0 Å². The molecule has 5 nitrogen and oxygen atoms in total. The lowest BCUT2D eigenvalue weighted by molar-refractivity contribution is -0.136. The molecule has 4 saturated carbocycles. The highest BCUT2D eigenvalue weighted by Crippen LogP contribution is 2.61. The topological polar surface area (TPSA) is 61.4 Å². The normalized spacial score (nSPS) is 38.4. The first-order valence-corrected chi connectivity index (χ1v) is 10.7. The zero-order valence-electron chi connectivity index (χ0n) is 16.3. The molecule has 2 N–H and O–H groups in total. The van der Waals surface area contributed by atoms with Gasteiger partial charge in [0.2, 0.25) is 11.8 Å². The lowest BCUT2D eigenvalue weighted by Crippen LogP contribution is -2.49. The molecule has 1 aliphatic heterocycles. The maximum Gasteiger partial charge on any atom is 0.241 e. The van der Waals surface area contributed by atoms with Gasteiger partial charge in [-0.15, -0.1) is 0 Å². The number of hydrogen-bond donors (Lipinski definition) is 2. The molecule has 0 aromatic carbocycles. The van der Waals surface area contributed by atoms with Gasteiger partial charge in [0.1, 0.15) is 0 Å². The van der Waals surface area contributed by atoms with Crippen molar-refractivity contribution >= 4 is 11.8 Å². The maximum atomic E-state index is 12.6. The number of hydrogen-bond acceptors (Lipinski definition) is 3. The third-order valence-corrected chi connectivity index (χ3v) is 7.50. The number of carbonyl (C=O) groups is 2. The number of likely N-dealkylation sites (tertiary alicyclic amines) is 1. The molecule has 1 atom stereocenters. The summed E-state index contributed by atoms with van der Waals surface area (Å²) in [4.78, 5) is 27.0. The summed E-state index contributed by atoms with van der Waals surface area (Å²) in [6, 6.07) is 0. The number of nitrogens with one attached hydrogen (secondary N) is 2. The van der Waals surface area contributed by atoms with Crippen molar-refractivity contribution in [1.82, 2.24) is 15.5 Å². The summed E-state index contributed by atoms with van der Waals surface area (Å²) in [6.45, 7) is 2.80. The Morgan fingerprint density at radius 2 is 1.73 bits per heavy atom. The first-order valence-electron chi connectivity index (χ1n) is 10.7. The van der Waals surface area contributed by atoms with Crippen LogP contribution in [0.3, 0.4) is 0 Å².